The second-order valence-corrected chi connectivity index (χ2v) is 5.14. The molecule has 0 radical (unpaired) electrons. The van der Waals surface area contributed by atoms with E-state index in [2.05, 4.69) is 26.1 Å². The van der Waals surface area contributed by atoms with Crippen molar-refractivity contribution in [1.82, 2.24) is 5.32 Å². The van der Waals surface area contributed by atoms with Crippen LogP contribution in [0.4, 0.5) is 0 Å². The number of hydrogen-bond acceptors (Lipinski definition) is 2. The fourth-order valence-corrected chi connectivity index (χ4v) is 1.78. The maximum absolute atomic E-state index is 11.2. The van der Waals surface area contributed by atoms with Crippen LogP contribution in [-0.2, 0) is 4.79 Å². The third-order valence-electron chi connectivity index (χ3n) is 3.32. The van der Waals surface area contributed by atoms with Crippen molar-refractivity contribution in [3.63, 3.8) is 0 Å². The standard InChI is InChI=1S/C11H21NO2/c1-5-10(2,3)12-11(4,9(13)14)8-6-7-8/h8,12H,5-7H2,1-4H3,(H,13,14). The third kappa shape index (κ3) is 2.27. The highest BCUT2D eigenvalue weighted by molar-refractivity contribution is 5.79. The van der Waals surface area contributed by atoms with Gasteiger partial charge in [-0.1, -0.05) is 6.92 Å². The van der Waals surface area contributed by atoms with Crippen LogP contribution >= 0.6 is 0 Å². The predicted molar refractivity (Wildman–Crippen MR) is 56.3 cm³/mol. The summed E-state index contributed by atoms with van der Waals surface area (Å²) in [6.45, 7) is 7.99. The average Bonchev–Trinajstić information content (AvgIpc) is 2.85. The van der Waals surface area contributed by atoms with E-state index in [-0.39, 0.29) is 5.54 Å². The number of aliphatic carboxylic acids is 1. The fourth-order valence-electron chi connectivity index (χ4n) is 1.78. The van der Waals surface area contributed by atoms with Crippen molar-refractivity contribution in [2.75, 3.05) is 0 Å². The first-order chi connectivity index (χ1) is 6.32. The molecule has 1 fully saturated rings. The largest absolute Gasteiger partial charge is 0.480 e. The second-order valence-electron chi connectivity index (χ2n) is 5.14. The number of carboxylic acids is 1. The quantitative estimate of drug-likeness (QED) is 0.712. The van der Waals surface area contributed by atoms with Crippen LogP contribution in [0.15, 0.2) is 0 Å². The van der Waals surface area contributed by atoms with E-state index < -0.39 is 11.5 Å². The van der Waals surface area contributed by atoms with Crippen LogP contribution in [0.2, 0.25) is 0 Å². The van der Waals surface area contributed by atoms with Crippen molar-refractivity contribution in [1.29, 1.82) is 0 Å². The summed E-state index contributed by atoms with van der Waals surface area (Å²) < 4.78 is 0. The van der Waals surface area contributed by atoms with Gasteiger partial charge in [-0.05, 0) is 46.0 Å². The van der Waals surface area contributed by atoms with E-state index in [9.17, 15) is 9.90 Å². The van der Waals surface area contributed by atoms with Crippen LogP contribution in [0.25, 0.3) is 0 Å². The zero-order valence-corrected chi connectivity index (χ0v) is 9.55. The van der Waals surface area contributed by atoms with Crippen LogP contribution in [0, 0.1) is 5.92 Å². The molecule has 3 nitrogen and oxygen atoms in total. The van der Waals surface area contributed by atoms with Crippen LogP contribution < -0.4 is 5.32 Å². The Bertz CT molecular complexity index is 233. The van der Waals surface area contributed by atoms with E-state index in [0.717, 1.165) is 19.3 Å². The minimum absolute atomic E-state index is 0.101. The van der Waals surface area contributed by atoms with Crippen LogP contribution in [-0.4, -0.2) is 22.2 Å². The van der Waals surface area contributed by atoms with Crippen molar-refractivity contribution in [2.24, 2.45) is 5.92 Å². The lowest BCUT2D eigenvalue weighted by atomic mass is 9.90. The molecule has 1 saturated carbocycles. The van der Waals surface area contributed by atoms with Gasteiger partial charge in [0, 0.05) is 5.54 Å². The molecule has 1 aliphatic carbocycles. The van der Waals surface area contributed by atoms with Crippen LogP contribution in [0.3, 0.4) is 0 Å². The van der Waals surface area contributed by atoms with E-state index in [1.165, 1.54) is 0 Å². The molecule has 0 aliphatic heterocycles. The van der Waals surface area contributed by atoms with E-state index >= 15 is 0 Å². The summed E-state index contributed by atoms with van der Waals surface area (Å²) in [5, 5.41) is 12.5. The summed E-state index contributed by atoms with van der Waals surface area (Å²) in [6, 6.07) is 0. The lowest BCUT2D eigenvalue weighted by Gasteiger charge is -2.36. The number of hydrogen-bond donors (Lipinski definition) is 2. The number of nitrogens with one attached hydrogen (secondary N) is 1. The van der Waals surface area contributed by atoms with Gasteiger partial charge in [-0.3, -0.25) is 10.1 Å². The number of rotatable bonds is 5. The summed E-state index contributed by atoms with van der Waals surface area (Å²) in [7, 11) is 0. The molecule has 0 amide bonds. The van der Waals surface area contributed by atoms with Gasteiger partial charge in [0.2, 0.25) is 0 Å². The molecule has 0 saturated heterocycles. The molecule has 0 aromatic heterocycles. The molecule has 0 spiro atoms. The molecule has 1 rings (SSSR count). The first-order valence-corrected chi connectivity index (χ1v) is 5.34. The second kappa shape index (κ2) is 3.54. The summed E-state index contributed by atoms with van der Waals surface area (Å²) in [5.41, 5.74) is -0.838. The molecule has 0 aromatic rings. The van der Waals surface area contributed by atoms with E-state index in [1.807, 2.05) is 6.92 Å². The lowest BCUT2D eigenvalue weighted by molar-refractivity contribution is -0.146. The summed E-state index contributed by atoms with van der Waals surface area (Å²) >= 11 is 0. The molecule has 1 aliphatic rings. The molecule has 0 bridgehead atoms. The Morgan fingerprint density at radius 2 is 1.93 bits per heavy atom. The van der Waals surface area contributed by atoms with E-state index in [4.69, 9.17) is 0 Å². The highest BCUT2D eigenvalue weighted by Crippen LogP contribution is 2.40. The SMILES string of the molecule is CCC(C)(C)NC(C)(C(=O)O)C1CC1. The van der Waals surface area contributed by atoms with Crippen molar-refractivity contribution in [3.8, 4) is 0 Å². The zero-order chi connectivity index (χ0) is 11.0. The Morgan fingerprint density at radius 3 is 2.21 bits per heavy atom. The minimum atomic E-state index is -0.737. The normalized spacial score (nSPS) is 21.7. The average molecular weight is 199 g/mol. The first-order valence-electron chi connectivity index (χ1n) is 5.34. The Balaban J connectivity index is 2.74. The number of carbonyl (C=O) groups is 1. The van der Waals surface area contributed by atoms with Crippen LogP contribution in [0.5, 0.6) is 0 Å². The van der Waals surface area contributed by atoms with Gasteiger partial charge in [-0.25, -0.2) is 0 Å². The van der Waals surface area contributed by atoms with Crippen molar-refractivity contribution >= 4 is 5.97 Å². The minimum Gasteiger partial charge on any atom is -0.480 e. The Labute approximate surface area is 85.9 Å². The monoisotopic (exact) mass is 199 g/mol. The van der Waals surface area contributed by atoms with Gasteiger partial charge in [-0.15, -0.1) is 0 Å². The molecular formula is C11H21NO2. The molecule has 2 N–H and O–H groups in total. The van der Waals surface area contributed by atoms with Gasteiger partial charge >= 0.3 is 5.97 Å². The zero-order valence-electron chi connectivity index (χ0n) is 9.55. The van der Waals surface area contributed by atoms with Crippen LogP contribution in [0.1, 0.15) is 47.0 Å². The van der Waals surface area contributed by atoms with Gasteiger partial charge in [0.15, 0.2) is 0 Å². The molecule has 14 heavy (non-hydrogen) atoms. The summed E-state index contributed by atoms with van der Waals surface area (Å²) in [5.74, 6) is -0.410. The number of carboxylic acid groups (broad SMARTS) is 1. The Hall–Kier alpha value is -0.570. The smallest absolute Gasteiger partial charge is 0.323 e. The molecule has 0 heterocycles. The van der Waals surface area contributed by atoms with E-state index in [1.54, 1.807) is 0 Å². The molecule has 82 valence electrons. The summed E-state index contributed by atoms with van der Waals surface area (Å²) in [4.78, 5) is 11.2. The Kier molecular flexibility index (Phi) is 2.91. The molecule has 0 aromatic carbocycles. The maximum atomic E-state index is 11.2. The first kappa shape index (κ1) is 11.5. The molecule has 3 heteroatoms. The maximum Gasteiger partial charge on any atom is 0.323 e. The fraction of sp³-hybridized carbons (Fsp3) is 0.909. The van der Waals surface area contributed by atoms with Gasteiger partial charge in [0.25, 0.3) is 0 Å². The predicted octanol–water partition coefficient (Wildman–Crippen LogP) is 2.02. The topological polar surface area (TPSA) is 49.3 Å². The Morgan fingerprint density at radius 1 is 1.43 bits per heavy atom. The highest BCUT2D eigenvalue weighted by atomic mass is 16.4. The van der Waals surface area contributed by atoms with Gasteiger partial charge in [0.1, 0.15) is 5.54 Å². The molecule has 1 atom stereocenters. The highest BCUT2D eigenvalue weighted by Gasteiger charge is 2.49. The molecular weight excluding hydrogens is 178 g/mol. The van der Waals surface area contributed by atoms with Gasteiger partial charge in [-0.2, -0.15) is 0 Å². The third-order valence-corrected chi connectivity index (χ3v) is 3.32. The van der Waals surface area contributed by atoms with Crippen molar-refractivity contribution in [3.05, 3.63) is 0 Å². The lowest BCUT2D eigenvalue weighted by Crippen LogP contribution is -2.59. The van der Waals surface area contributed by atoms with Gasteiger partial charge < -0.3 is 5.11 Å². The van der Waals surface area contributed by atoms with E-state index in [0.29, 0.717) is 5.92 Å². The van der Waals surface area contributed by atoms with Crippen molar-refractivity contribution in [2.45, 2.75) is 58.0 Å². The van der Waals surface area contributed by atoms with Gasteiger partial charge in [0.05, 0.1) is 0 Å². The molecule has 1 unspecified atom stereocenters. The van der Waals surface area contributed by atoms with Crippen molar-refractivity contribution < 1.29 is 9.90 Å². The summed E-state index contributed by atoms with van der Waals surface area (Å²) in [6.07, 6.45) is 3.01.